The summed E-state index contributed by atoms with van der Waals surface area (Å²) in [6.45, 7) is 10.1. The van der Waals surface area contributed by atoms with E-state index in [2.05, 4.69) is 56.6 Å². The second-order valence-electron chi connectivity index (χ2n) is 4.71. The Labute approximate surface area is 117 Å². The molecule has 19 heavy (non-hydrogen) atoms. The lowest BCUT2D eigenvalue weighted by molar-refractivity contribution is 1.12. The van der Waals surface area contributed by atoms with Gasteiger partial charge in [0.25, 0.3) is 0 Å². The first-order valence-electron chi connectivity index (χ1n) is 6.57. The summed E-state index contributed by atoms with van der Waals surface area (Å²) in [6, 6.07) is 10.5. The Morgan fingerprint density at radius 2 is 1.79 bits per heavy atom. The molecule has 1 aromatic carbocycles. The Morgan fingerprint density at radius 1 is 1.16 bits per heavy atom. The van der Waals surface area contributed by atoms with Crippen LogP contribution in [-0.4, -0.2) is 12.8 Å². The fourth-order valence-corrected chi connectivity index (χ4v) is 2.29. The Hall–Kier alpha value is -1.89. The molecular formula is C18H23N. The Morgan fingerprint density at radius 3 is 2.32 bits per heavy atom. The van der Waals surface area contributed by atoms with Crippen molar-refractivity contribution >= 4 is 5.71 Å². The van der Waals surface area contributed by atoms with Crippen molar-refractivity contribution < 1.29 is 0 Å². The van der Waals surface area contributed by atoms with Crippen LogP contribution in [0, 0.1) is 0 Å². The summed E-state index contributed by atoms with van der Waals surface area (Å²) < 4.78 is 0. The fourth-order valence-electron chi connectivity index (χ4n) is 2.29. The van der Waals surface area contributed by atoms with Crippen molar-refractivity contribution in [2.24, 2.45) is 4.99 Å². The number of hydrogen-bond donors (Lipinski definition) is 0. The zero-order chi connectivity index (χ0) is 14.3. The summed E-state index contributed by atoms with van der Waals surface area (Å²) in [5.74, 6) is 0. The molecule has 100 valence electrons. The minimum Gasteiger partial charge on any atom is -0.293 e. The van der Waals surface area contributed by atoms with Crippen molar-refractivity contribution in [1.82, 2.24) is 0 Å². The van der Waals surface area contributed by atoms with Gasteiger partial charge < -0.3 is 0 Å². The van der Waals surface area contributed by atoms with Gasteiger partial charge >= 0.3 is 0 Å². The van der Waals surface area contributed by atoms with Crippen LogP contribution in [-0.2, 0) is 6.42 Å². The number of allylic oxidation sites excluding steroid dienone is 5. The van der Waals surface area contributed by atoms with Gasteiger partial charge in [-0.25, -0.2) is 0 Å². The van der Waals surface area contributed by atoms with Gasteiger partial charge in [0.05, 0.1) is 0 Å². The third kappa shape index (κ3) is 4.36. The molecule has 1 nitrogen and oxygen atoms in total. The Bertz CT molecular complexity index is 516. The largest absolute Gasteiger partial charge is 0.293 e. The predicted octanol–water partition coefficient (Wildman–Crippen LogP) is 4.77. The highest BCUT2D eigenvalue weighted by Crippen LogP contribution is 2.20. The van der Waals surface area contributed by atoms with Crippen molar-refractivity contribution in [1.29, 1.82) is 0 Å². The van der Waals surface area contributed by atoms with Gasteiger partial charge in [-0.3, -0.25) is 4.99 Å². The summed E-state index contributed by atoms with van der Waals surface area (Å²) in [4.78, 5) is 4.34. The first-order valence-corrected chi connectivity index (χ1v) is 6.57. The molecule has 0 atom stereocenters. The van der Waals surface area contributed by atoms with Gasteiger partial charge in [-0.15, -0.1) is 0 Å². The average Bonchev–Trinajstić information content (AvgIpc) is 2.40. The summed E-state index contributed by atoms with van der Waals surface area (Å²) in [6.07, 6.45) is 4.82. The van der Waals surface area contributed by atoms with E-state index in [9.17, 15) is 0 Å². The van der Waals surface area contributed by atoms with Crippen molar-refractivity contribution in [3.8, 4) is 0 Å². The average molecular weight is 253 g/mol. The predicted molar refractivity (Wildman–Crippen MR) is 85.8 cm³/mol. The lowest BCUT2D eigenvalue weighted by atomic mass is 9.93. The first kappa shape index (κ1) is 15.2. The van der Waals surface area contributed by atoms with Crippen molar-refractivity contribution in [2.75, 3.05) is 7.05 Å². The maximum absolute atomic E-state index is 4.34. The van der Waals surface area contributed by atoms with E-state index in [1.165, 1.54) is 22.3 Å². The monoisotopic (exact) mass is 253 g/mol. The SMILES string of the molecule is C=C/C=C(C)\C(C(C)=NC)=C(/C)Cc1ccccc1. The van der Waals surface area contributed by atoms with Crippen LogP contribution in [0.1, 0.15) is 26.3 Å². The minimum atomic E-state index is 0.950. The van der Waals surface area contributed by atoms with Gasteiger partial charge in [-0.2, -0.15) is 0 Å². The topological polar surface area (TPSA) is 12.4 Å². The van der Waals surface area contributed by atoms with Crippen LogP contribution in [0.2, 0.25) is 0 Å². The summed E-state index contributed by atoms with van der Waals surface area (Å²) in [5.41, 5.74) is 6.19. The highest BCUT2D eigenvalue weighted by atomic mass is 14.7. The molecule has 0 radical (unpaired) electrons. The smallest absolute Gasteiger partial charge is 0.0388 e. The molecule has 0 N–H and O–H groups in total. The molecule has 0 amide bonds. The van der Waals surface area contributed by atoms with Crippen LogP contribution in [0.3, 0.4) is 0 Å². The molecule has 0 saturated heterocycles. The van der Waals surface area contributed by atoms with E-state index < -0.39 is 0 Å². The third-order valence-corrected chi connectivity index (χ3v) is 3.20. The number of hydrogen-bond acceptors (Lipinski definition) is 1. The molecule has 0 aliphatic heterocycles. The molecule has 0 spiro atoms. The molecule has 0 saturated carbocycles. The van der Waals surface area contributed by atoms with Crippen LogP contribution in [0.15, 0.2) is 70.8 Å². The zero-order valence-corrected chi connectivity index (χ0v) is 12.4. The highest BCUT2D eigenvalue weighted by molar-refractivity contribution is 6.02. The quantitative estimate of drug-likeness (QED) is 0.529. The number of rotatable bonds is 5. The lowest BCUT2D eigenvalue weighted by Gasteiger charge is -2.13. The van der Waals surface area contributed by atoms with Crippen molar-refractivity contribution in [3.63, 3.8) is 0 Å². The van der Waals surface area contributed by atoms with E-state index in [4.69, 9.17) is 0 Å². The molecule has 0 unspecified atom stereocenters. The molecular weight excluding hydrogens is 230 g/mol. The third-order valence-electron chi connectivity index (χ3n) is 3.20. The molecule has 1 rings (SSSR count). The minimum absolute atomic E-state index is 0.950. The van der Waals surface area contributed by atoms with Crippen LogP contribution in [0.25, 0.3) is 0 Å². The first-order chi connectivity index (χ1) is 9.10. The van der Waals surface area contributed by atoms with Crippen LogP contribution in [0.5, 0.6) is 0 Å². The van der Waals surface area contributed by atoms with Gasteiger partial charge in [-0.05, 0) is 43.9 Å². The maximum Gasteiger partial charge on any atom is 0.0388 e. The van der Waals surface area contributed by atoms with E-state index >= 15 is 0 Å². The molecule has 0 aliphatic rings. The van der Waals surface area contributed by atoms with E-state index in [0.717, 1.165) is 12.1 Å². The van der Waals surface area contributed by atoms with E-state index in [0.29, 0.717) is 0 Å². The zero-order valence-electron chi connectivity index (χ0n) is 12.4. The number of nitrogens with zero attached hydrogens (tertiary/aromatic N) is 1. The van der Waals surface area contributed by atoms with Gasteiger partial charge in [0.1, 0.15) is 0 Å². The molecule has 0 bridgehead atoms. The Balaban J connectivity index is 3.17. The Kier molecular flexibility index (Phi) is 6.01. The number of aliphatic imine (C=N–C) groups is 1. The molecule has 1 heteroatoms. The standard InChI is InChI=1S/C18H23N/c1-6-10-14(2)18(16(4)19-5)15(3)13-17-11-8-7-9-12-17/h6-12H,1,13H2,2-5H3/b14-10-,18-15-,19-16?. The summed E-state index contributed by atoms with van der Waals surface area (Å²) in [5, 5.41) is 0. The maximum atomic E-state index is 4.34. The molecule has 1 aromatic rings. The van der Waals surface area contributed by atoms with Crippen LogP contribution >= 0.6 is 0 Å². The van der Waals surface area contributed by atoms with Gasteiger partial charge in [0.15, 0.2) is 0 Å². The lowest BCUT2D eigenvalue weighted by Crippen LogP contribution is -2.04. The normalized spacial score (nSPS) is 14.1. The van der Waals surface area contributed by atoms with Gasteiger partial charge in [-0.1, -0.05) is 54.6 Å². The van der Waals surface area contributed by atoms with E-state index in [1.54, 1.807) is 0 Å². The van der Waals surface area contributed by atoms with E-state index in [-0.39, 0.29) is 0 Å². The summed E-state index contributed by atoms with van der Waals surface area (Å²) >= 11 is 0. The fraction of sp³-hybridized carbons (Fsp3) is 0.278. The highest BCUT2D eigenvalue weighted by Gasteiger charge is 2.08. The molecule has 0 heterocycles. The summed E-state index contributed by atoms with van der Waals surface area (Å²) in [7, 11) is 1.84. The molecule has 0 aromatic heterocycles. The van der Waals surface area contributed by atoms with Gasteiger partial charge in [0, 0.05) is 12.8 Å². The second-order valence-corrected chi connectivity index (χ2v) is 4.71. The van der Waals surface area contributed by atoms with Gasteiger partial charge in [0.2, 0.25) is 0 Å². The van der Waals surface area contributed by atoms with Crippen molar-refractivity contribution in [3.05, 3.63) is 71.3 Å². The second kappa shape index (κ2) is 7.52. The van der Waals surface area contributed by atoms with Crippen molar-refractivity contribution in [2.45, 2.75) is 27.2 Å². The molecule has 0 fully saturated rings. The van der Waals surface area contributed by atoms with Crippen LogP contribution < -0.4 is 0 Å². The number of benzene rings is 1. The van der Waals surface area contributed by atoms with Crippen LogP contribution in [0.4, 0.5) is 0 Å². The van der Waals surface area contributed by atoms with E-state index in [1.807, 2.05) is 25.3 Å². The molecule has 0 aliphatic carbocycles.